The van der Waals surface area contributed by atoms with Gasteiger partial charge >= 0.3 is 6.18 Å². The summed E-state index contributed by atoms with van der Waals surface area (Å²) in [5.74, 6) is -0.316. The predicted molar refractivity (Wildman–Crippen MR) is 131 cm³/mol. The number of rotatable bonds is 6. The molecule has 10 nitrogen and oxygen atoms in total. The number of aromatic nitrogens is 2. The molecule has 1 saturated heterocycles. The van der Waals surface area contributed by atoms with Gasteiger partial charge in [-0.05, 0) is 36.8 Å². The number of carbonyl (C=O) groups is 2. The van der Waals surface area contributed by atoms with Gasteiger partial charge in [-0.25, -0.2) is 13.4 Å². The van der Waals surface area contributed by atoms with Gasteiger partial charge in [0.05, 0.1) is 6.26 Å². The molecule has 14 heteroatoms. The molecule has 1 aliphatic heterocycles. The van der Waals surface area contributed by atoms with Crippen molar-refractivity contribution in [3.63, 3.8) is 0 Å². The Morgan fingerprint density at radius 3 is 2.46 bits per heavy atom. The van der Waals surface area contributed by atoms with Gasteiger partial charge in [-0.2, -0.15) is 13.2 Å². The summed E-state index contributed by atoms with van der Waals surface area (Å²) < 4.78 is 66.1. The van der Waals surface area contributed by atoms with Crippen LogP contribution < -0.4 is 15.4 Å². The lowest BCUT2D eigenvalue weighted by Crippen LogP contribution is -2.55. The maximum atomic E-state index is 13.2. The summed E-state index contributed by atoms with van der Waals surface area (Å²) in [6.45, 7) is 1.93. The normalized spacial score (nSPS) is 18.5. The van der Waals surface area contributed by atoms with E-state index in [2.05, 4.69) is 20.3 Å². The highest BCUT2D eigenvalue weighted by molar-refractivity contribution is 7.92. The predicted octanol–water partition coefficient (Wildman–Crippen LogP) is 2.56. The van der Waals surface area contributed by atoms with E-state index in [4.69, 9.17) is 0 Å². The maximum absolute atomic E-state index is 13.2. The van der Waals surface area contributed by atoms with Crippen LogP contribution in [0.1, 0.15) is 29.4 Å². The number of amides is 2. The Kier molecular flexibility index (Phi) is 7.04. The number of carbonyl (C=O) groups excluding carboxylic acids is 2. The second kappa shape index (κ2) is 9.92. The molecule has 37 heavy (non-hydrogen) atoms. The summed E-state index contributed by atoms with van der Waals surface area (Å²) in [5.41, 5.74) is -0.450. The first-order chi connectivity index (χ1) is 17.3. The van der Waals surface area contributed by atoms with Gasteiger partial charge in [-0.1, -0.05) is 12.1 Å². The highest BCUT2D eigenvalue weighted by Crippen LogP contribution is 2.30. The quantitative estimate of drug-likeness (QED) is 0.443. The number of likely N-dealkylation sites (tertiary alicyclic amines) is 1. The van der Waals surface area contributed by atoms with E-state index in [0.29, 0.717) is 12.2 Å². The molecule has 1 aromatic carbocycles. The number of anilines is 2. The summed E-state index contributed by atoms with van der Waals surface area (Å²) in [4.78, 5) is 30.3. The van der Waals surface area contributed by atoms with Gasteiger partial charge in [0, 0.05) is 49.5 Å². The van der Waals surface area contributed by atoms with Crippen LogP contribution in [0.4, 0.5) is 24.7 Å². The van der Waals surface area contributed by atoms with E-state index in [1.807, 2.05) is 0 Å². The molecule has 0 radical (unpaired) electrons. The van der Waals surface area contributed by atoms with E-state index in [9.17, 15) is 31.2 Å². The second-order valence-electron chi connectivity index (χ2n) is 8.89. The minimum atomic E-state index is -4.59. The number of alkyl halides is 3. The fourth-order valence-corrected chi connectivity index (χ4v) is 4.80. The monoisotopic (exact) mass is 538 g/mol. The average molecular weight is 539 g/mol. The Balaban J connectivity index is 1.52. The van der Waals surface area contributed by atoms with Crippen molar-refractivity contribution >= 4 is 39.0 Å². The van der Waals surface area contributed by atoms with Crippen LogP contribution >= 0.6 is 0 Å². The minimum absolute atomic E-state index is 0.115. The summed E-state index contributed by atoms with van der Waals surface area (Å²) >= 11 is 0. The number of hydrogen-bond donors (Lipinski definition) is 3. The van der Waals surface area contributed by atoms with E-state index in [1.54, 1.807) is 17.0 Å². The highest BCUT2D eigenvalue weighted by atomic mass is 32.2. The fraction of sp³-hybridized carbons (Fsp3) is 0.348. The van der Waals surface area contributed by atoms with Crippen LogP contribution in [0.2, 0.25) is 0 Å². The van der Waals surface area contributed by atoms with Gasteiger partial charge in [0.2, 0.25) is 15.9 Å². The Morgan fingerprint density at radius 2 is 1.78 bits per heavy atom. The zero-order valence-corrected chi connectivity index (χ0v) is 20.7. The van der Waals surface area contributed by atoms with Crippen molar-refractivity contribution in [1.29, 1.82) is 0 Å². The molecule has 198 valence electrons. The average Bonchev–Trinajstić information content (AvgIpc) is 3.24. The molecule has 1 aliphatic rings. The molecule has 0 spiro atoms. The molecule has 0 aliphatic carbocycles. The molecular formula is C23H25F3N6O4S. The number of piperidine rings is 1. The summed E-state index contributed by atoms with van der Waals surface area (Å²) in [5, 5.41) is 6.05. The smallest absolute Gasteiger partial charge is 0.367 e. The Morgan fingerprint density at radius 1 is 1.08 bits per heavy atom. The van der Waals surface area contributed by atoms with E-state index >= 15 is 0 Å². The largest absolute Gasteiger partial charge is 0.434 e. The molecule has 4 rings (SSSR count). The maximum Gasteiger partial charge on any atom is 0.434 e. The molecule has 3 aromatic rings. The lowest BCUT2D eigenvalue weighted by atomic mass is 10.00. The molecule has 3 N–H and O–H groups in total. The topological polar surface area (TPSA) is 125 Å². The van der Waals surface area contributed by atoms with Crippen LogP contribution in [0.3, 0.4) is 0 Å². The van der Waals surface area contributed by atoms with Crippen LogP contribution in [-0.4, -0.2) is 65.9 Å². The molecule has 0 bridgehead atoms. The number of imidazole rings is 1. The van der Waals surface area contributed by atoms with Gasteiger partial charge in [0.1, 0.15) is 11.5 Å². The number of nitrogens with zero attached hydrogens (tertiary/aromatic N) is 3. The van der Waals surface area contributed by atoms with Gasteiger partial charge in [-0.15, -0.1) is 0 Å². The van der Waals surface area contributed by atoms with E-state index in [1.165, 1.54) is 41.7 Å². The number of nitrogens with one attached hydrogen (secondary N) is 3. The van der Waals surface area contributed by atoms with Crippen LogP contribution in [-0.2, 0) is 21.0 Å². The number of halogens is 3. The minimum Gasteiger partial charge on any atom is -0.367 e. The molecule has 2 atom stereocenters. The number of hydrogen-bond acceptors (Lipinski definition) is 6. The van der Waals surface area contributed by atoms with Gasteiger partial charge in [0.25, 0.3) is 5.91 Å². The van der Waals surface area contributed by atoms with Crippen molar-refractivity contribution in [3.8, 4) is 0 Å². The highest BCUT2D eigenvalue weighted by Gasteiger charge is 2.35. The van der Waals surface area contributed by atoms with E-state index in [-0.39, 0.29) is 41.9 Å². The third kappa shape index (κ3) is 6.50. The molecule has 1 fully saturated rings. The number of sulfonamides is 1. The lowest BCUT2D eigenvalue weighted by molar-refractivity contribution is -0.140. The number of fused-ring (bicyclic) bond motifs is 1. The van der Waals surface area contributed by atoms with Crippen molar-refractivity contribution in [2.75, 3.05) is 29.4 Å². The molecule has 2 amide bonds. The Hall–Kier alpha value is -3.81. The van der Waals surface area contributed by atoms with Crippen LogP contribution in [0.5, 0.6) is 0 Å². The van der Waals surface area contributed by atoms with Gasteiger partial charge < -0.3 is 15.5 Å². The Bertz CT molecular complexity index is 1440. The first-order valence-electron chi connectivity index (χ1n) is 11.2. The third-order valence-electron chi connectivity index (χ3n) is 5.79. The standard InChI is InChI=1S/C23H25F3N6O4S/c1-14(33)31-11-17(27-20-7-4-8-21-29-19(13-32(20)21)23(24,25)26)10-18(12-31)28-22(34)15-5-3-6-16(9-15)30-37(2,35)36/h3-9,13,17-18,27,30H,10-12H2,1-2H3,(H,28,34)/t17-,18+/m1/s1. The van der Waals surface area contributed by atoms with Crippen molar-refractivity contribution in [1.82, 2.24) is 19.6 Å². The summed E-state index contributed by atoms with van der Waals surface area (Å²) in [7, 11) is -3.53. The number of benzene rings is 1. The molecule has 0 unspecified atom stereocenters. The Labute approximate surface area is 210 Å². The second-order valence-corrected chi connectivity index (χ2v) is 10.6. The van der Waals surface area contributed by atoms with Gasteiger partial charge in [0.15, 0.2) is 5.69 Å². The lowest BCUT2D eigenvalue weighted by Gasteiger charge is -2.38. The zero-order chi connectivity index (χ0) is 27.0. The van der Waals surface area contributed by atoms with Crippen LogP contribution in [0.15, 0.2) is 48.7 Å². The van der Waals surface area contributed by atoms with E-state index in [0.717, 1.165) is 12.5 Å². The van der Waals surface area contributed by atoms with Crippen molar-refractivity contribution in [3.05, 3.63) is 59.9 Å². The third-order valence-corrected chi connectivity index (χ3v) is 6.40. The van der Waals surface area contributed by atoms with Crippen LogP contribution in [0, 0.1) is 0 Å². The molecular weight excluding hydrogens is 513 g/mol. The number of pyridine rings is 1. The van der Waals surface area contributed by atoms with Crippen molar-refractivity contribution < 1.29 is 31.2 Å². The van der Waals surface area contributed by atoms with Crippen molar-refractivity contribution in [2.24, 2.45) is 0 Å². The summed E-state index contributed by atoms with van der Waals surface area (Å²) in [6, 6.07) is 9.76. The SMILES string of the molecule is CC(=O)N1C[C@@H](NC(=O)c2cccc(NS(C)(=O)=O)c2)C[C@@H](Nc2cccc3nc(C(F)(F)F)cn23)C1. The molecule has 0 saturated carbocycles. The van der Waals surface area contributed by atoms with Crippen LogP contribution in [0.25, 0.3) is 5.65 Å². The molecule has 3 heterocycles. The first kappa shape index (κ1) is 26.3. The molecule has 2 aromatic heterocycles. The van der Waals surface area contributed by atoms with Gasteiger partial charge in [-0.3, -0.25) is 18.7 Å². The van der Waals surface area contributed by atoms with Crippen molar-refractivity contribution in [2.45, 2.75) is 31.6 Å². The van der Waals surface area contributed by atoms with E-state index < -0.39 is 33.8 Å². The zero-order valence-electron chi connectivity index (χ0n) is 19.9. The first-order valence-corrected chi connectivity index (χ1v) is 13.1. The summed E-state index contributed by atoms with van der Waals surface area (Å²) in [6.07, 6.45) is -2.31. The fourth-order valence-electron chi connectivity index (χ4n) is 4.25.